The highest BCUT2D eigenvalue weighted by Gasteiger charge is 2.09. The second kappa shape index (κ2) is 6.84. The molecule has 0 radical (unpaired) electrons. The molecule has 0 aliphatic carbocycles. The molecule has 0 bridgehead atoms. The van der Waals surface area contributed by atoms with Crippen LogP contribution in [0.3, 0.4) is 0 Å². The Morgan fingerprint density at radius 3 is 2.83 bits per heavy atom. The Kier molecular flexibility index (Phi) is 4.61. The van der Waals surface area contributed by atoms with E-state index >= 15 is 0 Å². The van der Waals surface area contributed by atoms with Gasteiger partial charge in [-0.2, -0.15) is 4.98 Å². The van der Waals surface area contributed by atoms with Crippen LogP contribution in [-0.4, -0.2) is 26.0 Å². The van der Waals surface area contributed by atoms with Gasteiger partial charge in [0.2, 0.25) is 5.91 Å². The van der Waals surface area contributed by atoms with E-state index in [-0.39, 0.29) is 11.7 Å². The summed E-state index contributed by atoms with van der Waals surface area (Å²) in [7, 11) is 0. The third-order valence-corrected chi connectivity index (χ3v) is 4.24. The minimum absolute atomic E-state index is 0.134. The van der Waals surface area contributed by atoms with Gasteiger partial charge in [-0.05, 0) is 43.2 Å². The highest BCUT2D eigenvalue weighted by Crippen LogP contribution is 2.15. The first-order valence-electron chi connectivity index (χ1n) is 7.38. The average molecular weight is 340 g/mol. The van der Waals surface area contributed by atoms with Crippen molar-refractivity contribution in [2.45, 2.75) is 19.0 Å². The molecule has 1 N–H and O–H groups in total. The Morgan fingerprint density at radius 2 is 2.04 bits per heavy atom. The molecule has 2 heterocycles. The number of aromatic nitrogens is 3. The molecular formula is C17H16N4O2S. The summed E-state index contributed by atoms with van der Waals surface area (Å²) in [6.07, 6.45) is 1.63. The fourth-order valence-corrected chi connectivity index (χ4v) is 2.90. The van der Waals surface area contributed by atoms with Crippen LogP contribution in [0.15, 0.2) is 52.5 Å². The molecule has 6 nitrogen and oxygen atoms in total. The zero-order valence-electron chi connectivity index (χ0n) is 13.3. The smallest absolute Gasteiger partial charge is 0.325 e. The first-order chi connectivity index (χ1) is 11.5. The summed E-state index contributed by atoms with van der Waals surface area (Å²) in [5.41, 5.74) is 2.85. The predicted octanol–water partition coefficient (Wildman–Crippen LogP) is 2.44. The molecule has 1 aromatic carbocycles. The molecule has 3 rings (SSSR count). The highest BCUT2D eigenvalue weighted by molar-refractivity contribution is 7.99. The van der Waals surface area contributed by atoms with E-state index in [0.717, 1.165) is 28.6 Å². The van der Waals surface area contributed by atoms with Crippen molar-refractivity contribution in [3.05, 3.63) is 64.2 Å². The molecule has 1 amide bonds. The van der Waals surface area contributed by atoms with Gasteiger partial charge < -0.3 is 5.32 Å². The molecule has 0 aliphatic heterocycles. The fraction of sp³-hybridized carbons (Fsp3) is 0.176. The molecule has 7 heteroatoms. The number of benzene rings is 1. The van der Waals surface area contributed by atoms with Gasteiger partial charge in [-0.3, -0.25) is 9.20 Å². The number of amides is 1. The molecule has 2 aromatic heterocycles. The SMILES string of the molecule is Cc1cccc(NC(=O)CSc2nc(=O)n3cccc(C)c3n2)c1. The summed E-state index contributed by atoms with van der Waals surface area (Å²) in [6, 6.07) is 11.2. The number of nitrogens with one attached hydrogen (secondary N) is 1. The van der Waals surface area contributed by atoms with Gasteiger partial charge in [0.05, 0.1) is 5.75 Å². The minimum Gasteiger partial charge on any atom is -0.325 e. The molecule has 24 heavy (non-hydrogen) atoms. The number of aryl methyl sites for hydroxylation is 2. The second-order valence-electron chi connectivity index (χ2n) is 5.38. The van der Waals surface area contributed by atoms with Crippen molar-refractivity contribution >= 4 is 29.0 Å². The van der Waals surface area contributed by atoms with E-state index in [0.29, 0.717) is 10.8 Å². The van der Waals surface area contributed by atoms with Crippen molar-refractivity contribution in [2.24, 2.45) is 0 Å². The van der Waals surface area contributed by atoms with Crippen LogP contribution in [-0.2, 0) is 4.79 Å². The summed E-state index contributed by atoms with van der Waals surface area (Å²) in [4.78, 5) is 32.3. The lowest BCUT2D eigenvalue weighted by Gasteiger charge is -2.06. The summed E-state index contributed by atoms with van der Waals surface area (Å²) in [5.74, 6) is -0.0331. The third-order valence-electron chi connectivity index (χ3n) is 3.40. The van der Waals surface area contributed by atoms with Gasteiger partial charge in [0.25, 0.3) is 0 Å². The quantitative estimate of drug-likeness (QED) is 0.738. The van der Waals surface area contributed by atoms with Crippen LogP contribution in [0.4, 0.5) is 5.69 Å². The van der Waals surface area contributed by atoms with Gasteiger partial charge in [-0.1, -0.05) is 30.0 Å². The van der Waals surface area contributed by atoms with Crippen LogP contribution in [0.25, 0.3) is 5.65 Å². The summed E-state index contributed by atoms with van der Waals surface area (Å²) in [6.45, 7) is 3.84. The zero-order chi connectivity index (χ0) is 17.1. The number of carbonyl (C=O) groups is 1. The number of rotatable bonds is 4. The first kappa shape index (κ1) is 16.2. The van der Waals surface area contributed by atoms with Crippen LogP contribution in [0.1, 0.15) is 11.1 Å². The van der Waals surface area contributed by atoms with Crippen molar-refractivity contribution in [3.63, 3.8) is 0 Å². The number of hydrogen-bond acceptors (Lipinski definition) is 5. The lowest BCUT2D eigenvalue weighted by atomic mass is 10.2. The molecule has 0 aliphatic rings. The molecule has 0 fully saturated rings. The molecule has 3 aromatic rings. The van der Waals surface area contributed by atoms with Gasteiger partial charge in [-0.15, -0.1) is 0 Å². The fourth-order valence-electron chi connectivity index (χ4n) is 2.27. The monoisotopic (exact) mass is 340 g/mol. The van der Waals surface area contributed by atoms with Crippen molar-refractivity contribution in [2.75, 3.05) is 11.1 Å². The number of anilines is 1. The average Bonchev–Trinajstić information content (AvgIpc) is 2.54. The second-order valence-corrected chi connectivity index (χ2v) is 6.32. The van der Waals surface area contributed by atoms with Crippen molar-refractivity contribution < 1.29 is 4.79 Å². The Morgan fingerprint density at radius 1 is 1.21 bits per heavy atom. The zero-order valence-corrected chi connectivity index (χ0v) is 14.1. The lowest BCUT2D eigenvalue weighted by molar-refractivity contribution is -0.113. The van der Waals surface area contributed by atoms with Crippen LogP contribution in [0.2, 0.25) is 0 Å². The first-order valence-corrected chi connectivity index (χ1v) is 8.37. The van der Waals surface area contributed by atoms with Crippen molar-refractivity contribution in [1.29, 1.82) is 0 Å². The van der Waals surface area contributed by atoms with E-state index in [1.807, 2.05) is 44.2 Å². The third kappa shape index (κ3) is 3.62. The Hall–Kier alpha value is -2.67. The maximum absolute atomic E-state index is 12.0. The van der Waals surface area contributed by atoms with Gasteiger partial charge in [0.1, 0.15) is 5.65 Å². The van der Waals surface area contributed by atoms with Crippen molar-refractivity contribution in [1.82, 2.24) is 14.4 Å². The molecule has 0 atom stereocenters. The lowest BCUT2D eigenvalue weighted by Crippen LogP contribution is -2.20. The molecule has 0 saturated carbocycles. The number of hydrogen-bond donors (Lipinski definition) is 1. The van der Waals surface area contributed by atoms with Crippen LogP contribution >= 0.6 is 11.8 Å². The Labute approximate surface area is 143 Å². The van der Waals surface area contributed by atoms with E-state index < -0.39 is 5.69 Å². The number of carbonyl (C=O) groups excluding carboxylic acids is 1. The molecule has 0 spiro atoms. The van der Waals surface area contributed by atoms with Crippen molar-refractivity contribution in [3.8, 4) is 0 Å². The van der Waals surface area contributed by atoms with Crippen LogP contribution < -0.4 is 11.0 Å². The van der Waals surface area contributed by atoms with Gasteiger partial charge in [0, 0.05) is 11.9 Å². The summed E-state index contributed by atoms with van der Waals surface area (Å²) >= 11 is 1.14. The van der Waals surface area contributed by atoms with Gasteiger partial charge in [-0.25, -0.2) is 9.78 Å². The summed E-state index contributed by atoms with van der Waals surface area (Å²) in [5, 5.41) is 3.12. The topological polar surface area (TPSA) is 76.4 Å². The van der Waals surface area contributed by atoms with Crippen LogP contribution in [0.5, 0.6) is 0 Å². The normalized spacial score (nSPS) is 10.8. The van der Waals surface area contributed by atoms with Gasteiger partial charge >= 0.3 is 5.69 Å². The molecule has 0 saturated heterocycles. The van der Waals surface area contributed by atoms with E-state index in [4.69, 9.17) is 0 Å². The standard InChI is InChI=1S/C17H16N4O2S/c1-11-5-3-7-13(9-11)18-14(22)10-24-16-19-15-12(2)6-4-8-21(15)17(23)20-16/h3-9H,10H2,1-2H3,(H,18,22). The maximum atomic E-state index is 12.0. The summed E-state index contributed by atoms with van der Waals surface area (Å²) < 4.78 is 1.40. The number of pyridine rings is 1. The van der Waals surface area contributed by atoms with Gasteiger partial charge in [0.15, 0.2) is 5.16 Å². The largest absolute Gasteiger partial charge is 0.355 e. The molecule has 0 unspecified atom stereocenters. The van der Waals surface area contributed by atoms with E-state index in [1.165, 1.54) is 4.40 Å². The number of fused-ring (bicyclic) bond motifs is 1. The maximum Gasteiger partial charge on any atom is 0.355 e. The van der Waals surface area contributed by atoms with E-state index in [9.17, 15) is 9.59 Å². The number of thioether (sulfide) groups is 1. The van der Waals surface area contributed by atoms with E-state index in [2.05, 4.69) is 15.3 Å². The predicted molar refractivity (Wildman–Crippen MR) is 94.5 cm³/mol. The molecular weight excluding hydrogens is 324 g/mol. The highest BCUT2D eigenvalue weighted by atomic mass is 32.2. The Balaban J connectivity index is 1.72. The minimum atomic E-state index is -0.398. The van der Waals surface area contributed by atoms with E-state index in [1.54, 1.807) is 12.3 Å². The number of nitrogens with zero attached hydrogens (tertiary/aromatic N) is 3. The van der Waals surface area contributed by atoms with Crippen LogP contribution in [0, 0.1) is 13.8 Å². The molecule has 122 valence electrons. The Bertz CT molecular complexity index is 968.